The number of hydrogen-bond donors (Lipinski definition) is 0. The van der Waals surface area contributed by atoms with Crippen LogP contribution in [0.25, 0.3) is 6.08 Å². The second-order valence-corrected chi connectivity index (χ2v) is 8.72. The molecule has 1 fully saturated rings. The van der Waals surface area contributed by atoms with Gasteiger partial charge in [-0.05, 0) is 59.8 Å². The highest BCUT2D eigenvalue weighted by Crippen LogP contribution is 2.35. The van der Waals surface area contributed by atoms with Crippen LogP contribution in [-0.4, -0.2) is 22.0 Å². The molecule has 1 aliphatic rings. The lowest BCUT2D eigenvalue weighted by molar-refractivity contribution is -0.123. The first kappa shape index (κ1) is 23.0. The van der Waals surface area contributed by atoms with Crippen LogP contribution < -0.4 is 4.74 Å². The minimum atomic E-state index is -0.625. The normalized spacial score (nSPS) is 14.8. The van der Waals surface area contributed by atoms with E-state index in [2.05, 4.69) is 0 Å². The summed E-state index contributed by atoms with van der Waals surface area (Å²) in [6.07, 6.45) is 1.50. The third-order valence-electron chi connectivity index (χ3n) is 4.71. The van der Waals surface area contributed by atoms with Crippen molar-refractivity contribution in [3.8, 4) is 5.75 Å². The van der Waals surface area contributed by atoms with Crippen LogP contribution >= 0.6 is 35.0 Å². The lowest BCUT2D eigenvalue weighted by atomic mass is 10.1. The van der Waals surface area contributed by atoms with Crippen molar-refractivity contribution < 1.29 is 23.5 Å². The van der Waals surface area contributed by atoms with Gasteiger partial charge in [-0.2, -0.15) is 0 Å². The van der Waals surface area contributed by atoms with Crippen molar-refractivity contribution in [2.45, 2.75) is 6.54 Å². The van der Waals surface area contributed by atoms with Gasteiger partial charge in [-0.3, -0.25) is 14.5 Å². The molecule has 3 aromatic carbocycles. The summed E-state index contributed by atoms with van der Waals surface area (Å²) in [5.41, 5.74) is 0.822. The van der Waals surface area contributed by atoms with E-state index in [0.717, 1.165) is 16.7 Å². The standard InChI is InChI=1S/C24H14Cl2FNO4S/c25-18-8-2-1-7-16(18)23(30)32-15-6-3-5-14(11-15)12-21-22(29)28(24(31)33-21)13-17-19(26)9-4-10-20(17)27/h1-12H,13H2/b21-12-. The smallest absolute Gasteiger partial charge is 0.345 e. The zero-order valence-electron chi connectivity index (χ0n) is 16.8. The average Bonchev–Trinajstić information content (AvgIpc) is 3.04. The number of esters is 1. The molecule has 1 saturated heterocycles. The molecule has 3 aromatic rings. The summed E-state index contributed by atoms with van der Waals surface area (Å²) < 4.78 is 19.5. The molecule has 0 aliphatic carbocycles. The van der Waals surface area contributed by atoms with Crippen LogP contribution in [-0.2, 0) is 11.3 Å². The number of rotatable bonds is 5. The maximum absolute atomic E-state index is 14.1. The van der Waals surface area contributed by atoms with Crippen LogP contribution in [0.1, 0.15) is 21.5 Å². The minimum absolute atomic E-state index is 0.0659. The molecule has 0 aromatic heterocycles. The van der Waals surface area contributed by atoms with Crippen LogP contribution in [0.15, 0.2) is 71.6 Å². The van der Waals surface area contributed by atoms with Crippen LogP contribution in [0.4, 0.5) is 9.18 Å². The van der Waals surface area contributed by atoms with E-state index >= 15 is 0 Å². The van der Waals surface area contributed by atoms with Crippen molar-refractivity contribution in [2.24, 2.45) is 0 Å². The Kier molecular flexibility index (Phi) is 6.83. The number of ether oxygens (including phenoxy) is 1. The van der Waals surface area contributed by atoms with Gasteiger partial charge in [0.25, 0.3) is 11.1 Å². The van der Waals surface area contributed by atoms with Gasteiger partial charge >= 0.3 is 5.97 Å². The fraction of sp³-hybridized carbons (Fsp3) is 0.0417. The molecule has 4 rings (SSSR count). The summed E-state index contributed by atoms with van der Waals surface area (Å²) in [5, 5.41) is -0.139. The van der Waals surface area contributed by atoms with E-state index in [4.69, 9.17) is 27.9 Å². The first-order valence-electron chi connectivity index (χ1n) is 9.58. The Morgan fingerprint density at radius 2 is 1.73 bits per heavy atom. The Morgan fingerprint density at radius 1 is 1.00 bits per heavy atom. The van der Waals surface area contributed by atoms with Crippen molar-refractivity contribution in [2.75, 3.05) is 0 Å². The molecule has 0 N–H and O–H groups in total. The minimum Gasteiger partial charge on any atom is -0.423 e. The van der Waals surface area contributed by atoms with E-state index in [-0.39, 0.29) is 38.4 Å². The number of nitrogens with zero attached hydrogens (tertiary/aromatic N) is 1. The first-order valence-corrected chi connectivity index (χ1v) is 11.2. The Labute approximate surface area is 202 Å². The van der Waals surface area contributed by atoms with E-state index in [9.17, 15) is 18.8 Å². The second-order valence-electron chi connectivity index (χ2n) is 6.91. The van der Waals surface area contributed by atoms with Gasteiger partial charge in [0.1, 0.15) is 11.6 Å². The molecule has 1 aliphatic heterocycles. The number of thioether (sulfide) groups is 1. The fourth-order valence-corrected chi connectivity index (χ4v) is 4.36. The third kappa shape index (κ3) is 5.11. The highest BCUT2D eigenvalue weighted by molar-refractivity contribution is 8.18. The maximum Gasteiger partial charge on any atom is 0.345 e. The fourth-order valence-electron chi connectivity index (χ4n) is 3.09. The van der Waals surface area contributed by atoms with Crippen molar-refractivity contribution in [1.29, 1.82) is 0 Å². The summed E-state index contributed by atoms with van der Waals surface area (Å²) in [5.74, 6) is -1.55. The van der Waals surface area contributed by atoms with E-state index in [1.54, 1.807) is 48.5 Å². The van der Waals surface area contributed by atoms with Gasteiger partial charge in [-0.1, -0.05) is 53.5 Å². The van der Waals surface area contributed by atoms with E-state index in [1.807, 2.05) is 0 Å². The summed E-state index contributed by atoms with van der Waals surface area (Å²) >= 11 is 12.8. The molecule has 9 heteroatoms. The lowest BCUT2D eigenvalue weighted by Crippen LogP contribution is -2.28. The van der Waals surface area contributed by atoms with E-state index < -0.39 is 22.9 Å². The zero-order valence-corrected chi connectivity index (χ0v) is 19.1. The monoisotopic (exact) mass is 501 g/mol. The van der Waals surface area contributed by atoms with Crippen LogP contribution in [0, 0.1) is 5.82 Å². The predicted octanol–water partition coefficient (Wildman–Crippen LogP) is 6.59. The molecular formula is C24H14Cl2FNO4S. The topological polar surface area (TPSA) is 63.7 Å². The molecule has 33 heavy (non-hydrogen) atoms. The molecule has 0 spiro atoms. The highest BCUT2D eigenvalue weighted by Gasteiger charge is 2.35. The van der Waals surface area contributed by atoms with Crippen molar-refractivity contribution in [1.82, 2.24) is 4.90 Å². The number of imide groups is 1. The third-order valence-corrected chi connectivity index (χ3v) is 6.30. The van der Waals surface area contributed by atoms with Gasteiger partial charge in [0.15, 0.2) is 0 Å². The Hall–Kier alpha value is -3.13. The Balaban J connectivity index is 1.52. The number of hydrogen-bond acceptors (Lipinski definition) is 5. The summed E-state index contributed by atoms with van der Waals surface area (Å²) in [4.78, 5) is 38.6. The SMILES string of the molecule is O=C(Oc1cccc(/C=C2\SC(=O)N(Cc3c(F)cccc3Cl)C2=O)c1)c1ccccc1Cl. The molecular weight excluding hydrogens is 488 g/mol. The van der Waals surface area contributed by atoms with E-state index in [1.165, 1.54) is 24.3 Å². The zero-order chi connectivity index (χ0) is 23.5. The van der Waals surface area contributed by atoms with Gasteiger partial charge in [0, 0.05) is 10.6 Å². The molecule has 2 amide bonds. The molecule has 1 heterocycles. The van der Waals surface area contributed by atoms with Gasteiger partial charge in [-0.15, -0.1) is 0 Å². The van der Waals surface area contributed by atoms with Gasteiger partial charge in [0.05, 0.1) is 22.0 Å². The number of benzene rings is 3. The summed E-state index contributed by atoms with van der Waals surface area (Å²) in [6.45, 7) is -0.275. The van der Waals surface area contributed by atoms with Gasteiger partial charge < -0.3 is 4.74 Å². The van der Waals surface area contributed by atoms with Crippen molar-refractivity contribution >= 4 is 58.2 Å². The number of carbonyl (C=O) groups is 3. The molecule has 0 saturated carbocycles. The van der Waals surface area contributed by atoms with Crippen LogP contribution in [0.3, 0.4) is 0 Å². The van der Waals surface area contributed by atoms with Crippen LogP contribution in [0.5, 0.6) is 5.75 Å². The number of amides is 2. The van der Waals surface area contributed by atoms with Crippen LogP contribution in [0.2, 0.25) is 10.0 Å². The molecule has 0 radical (unpaired) electrons. The Morgan fingerprint density at radius 3 is 2.48 bits per heavy atom. The molecule has 5 nitrogen and oxygen atoms in total. The first-order chi connectivity index (χ1) is 15.8. The van der Waals surface area contributed by atoms with Gasteiger partial charge in [-0.25, -0.2) is 9.18 Å². The molecule has 0 atom stereocenters. The maximum atomic E-state index is 14.1. The summed E-state index contributed by atoms with van der Waals surface area (Å²) in [6, 6.07) is 17.1. The molecule has 0 bridgehead atoms. The molecule has 166 valence electrons. The van der Waals surface area contributed by atoms with Gasteiger partial charge in [0.2, 0.25) is 0 Å². The number of halogens is 3. The number of carbonyl (C=O) groups excluding carboxylic acids is 3. The van der Waals surface area contributed by atoms with Crippen molar-refractivity contribution in [3.05, 3.63) is 104 Å². The van der Waals surface area contributed by atoms with E-state index in [0.29, 0.717) is 5.56 Å². The molecule has 0 unspecified atom stereocenters. The second kappa shape index (κ2) is 9.79. The lowest BCUT2D eigenvalue weighted by Gasteiger charge is -2.14. The quantitative estimate of drug-likeness (QED) is 0.224. The largest absolute Gasteiger partial charge is 0.423 e. The summed E-state index contributed by atoms with van der Waals surface area (Å²) in [7, 11) is 0. The van der Waals surface area contributed by atoms with Crippen molar-refractivity contribution in [3.63, 3.8) is 0 Å². The average molecular weight is 502 g/mol. The Bertz CT molecular complexity index is 1290. The predicted molar refractivity (Wildman–Crippen MR) is 126 cm³/mol. The highest BCUT2D eigenvalue weighted by atomic mass is 35.5.